The molecule has 2 aliphatic rings. The Labute approximate surface area is 236 Å². The van der Waals surface area contributed by atoms with Crippen LogP contribution in [0.25, 0.3) is 0 Å². The minimum absolute atomic E-state index is 0.125. The molecule has 6 heteroatoms. The van der Waals surface area contributed by atoms with E-state index in [4.69, 9.17) is 9.47 Å². The molecule has 4 rings (SSSR count). The standard InChI is InChI=1S/C34H38F2O4/c1-21(13-14-25-15-17-26(39-5)18-16-25)24(4)31-27-20-28(37)30(32(27)31)23(3)11-8-9-19-34(35,36)33(38)40-29-12-7-6-10-22(29)2/h6-7,10,12,15-18,23,27,30-32H,9,13-14,19-20H2,1-5H3/t23?,27?,30-,31?,32?/m1/s1. The molecule has 2 aromatic rings. The van der Waals surface area contributed by atoms with E-state index in [1.165, 1.54) is 22.8 Å². The average molecular weight is 549 g/mol. The second-order valence-corrected chi connectivity index (χ2v) is 11.2. The summed E-state index contributed by atoms with van der Waals surface area (Å²) in [5.74, 6) is 2.49. The van der Waals surface area contributed by atoms with Crippen LogP contribution in [0.2, 0.25) is 0 Å². The van der Waals surface area contributed by atoms with E-state index in [1.807, 2.05) is 19.1 Å². The lowest BCUT2D eigenvalue weighted by Crippen LogP contribution is -2.33. The Bertz CT molecular complexity index is 1330. The zero-order chi connectivity index (χ0) is 29.0. The van der Waals surface area contributed by atoms with E-state index in [2.05, 4.69) is 37.8 Å². The second kappa shape index (κ2) is 12.4. The van der Waals surface area contributed by atoms with Crippen molar-refractivity contribution in [2.24, 2.45) is 29.6 Å². The van der Waals surface area contributed by atoms with Gasteiger partial charge in [-0.2, -0.15) is 8.78 Å². The number of esters is 1. The van der Waals surface area contributed by atoms with E-state index < -0.39 is 18.3 Å². The number of methoxy groups -OCH3 is 1. The van der Waals surface area contributed by atoms with Crippen LogP contribution < -0.4 is 9.47 Å². The van der Waals surface area contributed by atoms with Gasteiger partial charge in [0.1, 0.15) is 17.3 Å². The van der Waals surface area contributed by atoms with Gasteiger partial charge in [-0.1, -0.05) is 54.3 Å². The molecule has 2 saturated carbocycles. The Kier molecular flexibility index (Phi) is 9.13. The third kappa shape index (κ3) is 6.63. The Hall–Kier alpha value is -3.46. The van der Waals surface area contributed by atoms with Gasteiger partial charge in [0.25, 0.3) is 0 Å². The fraction of sp³-hybridized carbons (Fsp3) is 0.471. The number of Topliss-reactive ketones (excluding diaryl/α,β-unsaturated/α-hetero) is 1. The van der Waals surface area contributed by atoms with Crippen LogP contribution in [-0.4, -0.2) is 24.8 Å². The monoisotopic (exact) mass is 548 g/mol. The highest BCUT2D eigenvalue weighted by Crippen LogP contribution is 2.64. The van der Waals surface area contributed by atoms with Crippen molar-refractivity contribution < 1.29 is 27.8 Å². The second-order valence-electron chi connectivity index (χ2n) is 11.2. The zero-order valence-corrected chi connectivity index (χ0v) is 23.9. The molecule has 2 aromatic carbocycles. The summed E-state index contributed by atoms with van der Waals surface area (Å²) in [6.07, 6.45) is 1.60. The number of benzene rings is 2. The van der Waals surface area contributed by atoms with Crippen molar-refractivity contribution >= 4 is 11.8 Å². The van der Waals surface area contributed by atoms with Crippen molar-refractivity contribution in [1.82, 2.24) is 0 Å². The molecule has 0 saturated heterocycles. The van der Waals surface area contributed by atoms with Crippen molar-refractivity contribution in [2.45, 2.75) is 65.7 Å². The molecule has 0 bridgehead atoms. The molecule has 0 amide bonds. The lowest BCUT2D eigenvalue weighted by Gasteiger charge is -2.18. The average Bonchev–Trinajstić information content (AvgIpc) is 3.51. The van der Waals surface area contributed by atoms with Gasteiger partial charge < -0.3 is 9.47 Å². The van der Waals surface area contributed by atoms with Crippen LogP contribution in [0.3, 0.4) is 0 Å². The first-order valence-electron chi connectivity index (χ1n) is 14.0. The molecule has 0 aromatic heterocycles. The van der Waals surface area contributed by atoms with Crippen molar-refractivity contribution in [3.05, 3.63) is 70.8 Å². The molecule has 0 heterocycles. The summed E-state index contributed by atoms with van der Waals surface area (Å²) in [6, 6.07) is 14.7. The lowest BCUT2D eigenvalue weighted by atomic mass is 9.84. The first kappa shape index (κ1) is 29.5. The number of alkyl halides is 2. The molecule has 5 atom stereocenters. The number of fused-ring (bicyclic) bond motifs is 1. The summed E-state index contributed by atoms with van der Waals surface area (Å²) in [7, 11) is 1.66. The van der Waals surface area contributed by atoms with Crippen LogP contribution in [0.1, 0.15) is 57.6 Å². The maximum absolute atomic E-state index is 14.4. The Morgan fingerprint density at radius 1 is 1.12 bits per heavy atom. The maximum Gasteiger partial charge on any atom is 0.382 e. The summed E-state index contributed by atoms with van der Waals surface area (Å²) in [4.78, 5) is 24.8. The molecule has 40 heavy (non-hydrogen) atoms. The third-order valence-electron chi connectivity index (χ3n) is 8.60. The highest BCUT2D eigenvalue weighted by atomic mass is 19.3. The van der Waals surface area contributed by atoms with Crippen molar-refractivity contribution in [3.8, 4) is 23.3 Å². The largest absolute Gasteiger partial charge is 0.497 e. The minimum atomic E-state index is -3.64. The van der Waals surface area contributed by atoms with Crippen LogP contribution in [0.4, 0.5) is 8.78 Å². The van der Waals surface area contributed by atoms with Crippen molar-refractivity contribution in [2.75, 3.05) is 7.11 Å². The number of hydrogen-bond donors (Lipinski definition) is 0. The van der Waals surface area contributed by atoms with Crippen molar-refractivity contribution in [1.29, 1.82) is 0 Å². The molecule has 212 valence electrons. The molecule has 0 spiro atoms. The highest BCUT2D eigenvalue weighted by Gasteiger charge is 2.63. The first-order chi connectivity index (χ1) is 19.0. The molecule has 0 aliphatic heterocycles. The van der Waals surface area contributed by atoms with Gasteiger partial charge in [-0.05, 0) is 80.7 Å². The summed E-state index contributed by atoms with van der Waals surface area (Å²) in [5, 5.41) is 0. The van der Waals surface area contributed by atoms with E-state index in [1.54, 1.807) is 32.2 Å². The molecular weight excluding hydrogens is 510 g/mol. The number of aryl methyl sites for hydroxylation is 2. The van der Waals surface area contributed by atoms with Gasteiger partial charge in [-0.15, -0.1) is 5.92 Å². The number of hydrogen-bond acceptors (Lipinski definition) is 4. The van der Waals surface area contributed by atoms with E-state index >= 15 is 0 Å². The third-order valence-corrected chi connectivity index (χ3v) is 8.60. The number of ether oxygens (including phenoxy) is 2. The molecule has 0 N–H and O–H groups in total. The number of allylic oxidation sites excluding steroid dienone is 2. The Morgan fingerprint density at radius 3 is 2.50 bits per heavy atom. The lowest BCUT2D eigenvalue weighted by molar-refractivity contribution is -0.162. The van der Waals surface area contributed by atoms with Crippen LogP contribution in [-0.2, 0) is 16.0 Å². The van der Waals surface area contributed by atoms with E-state index in [0.717, 1.165) is 18.6 Å². The normalized spacial score (nSPS) is 22.9. The Balaban J connectivity index is 1.30. The number of carbonyl (C=O) groups is 2. The molecular formula is C34H38F2O4. The summed E-state index contributed by atoms with van der Waals surface area (Å²) < 4.78 is 39.0. The van der Waals surface area contributed by atoms with Crippen LogP contribution in [0, 0.1) is 48.4 Å². The number of halogens is 2. The number of ketones is 1. The molecule has 2 fully saturated rings. The van der Waals surface area contributed by atoms with Gasteiger partial charge in [-0.3, -0.25) is 4.79 Å². The van der Waals surface area contributed by atoms with Gasteiger partial charge >= 0.3 is 11.9 Å². The molecule has 4 nitrogen and oxygen atoms in total. The van der Waals surface area contributed by atoms with Crippen LogP contribution in [0.5, 0.6) is 11.5 Å². The quantitative estimate of drug-likeness (QED) is 0.135. The fourth-order valence-electron chi connectivity index (χ4n) is 6.05. The molecule has 2 aliphatic carbocycles. The van der Waals surface area contributed by atoms with Gasteiger partial charge in [0.2, 0.25) is 0 Å². The van der Waals surface area contributed by atoms with Gasteiger partial charge in [-0.25, -0.2) is 4.79 Å². The van der Waals surface area contributed by atoms with Gasteiger partial charge in [0.05, 0.1) is 7.11 Å². The number of rotatable bonds is 10. The van der Waals surface area contributed by atoms with Crippen LogP contribution in [0.15, 0.2) is 59.7 Å². The van der Waals surface area contributed by atoms with Crippen molar-refractivity contribution in [3.63, 3.8) is 0 Å². The predicted molar refractivity (Wildman–Crippen MR) is 151 cm³/mol. The Morgan fingerprint density at radius 2 is 1.82 bits per heavy atom. The van der Waals surface area contributed by atoms with E-state index in [9.17, 15) is 18.4 Å². The fourth-order valence-corrected chi connectivity index (χ4v) is 6.05. The van der Waals surface area contributed by atoms with E-state index in [0.29, 0.717) is 23.8 Å². The van der Waals surface area contributed by atoms with Gasteiger partial charge in [0.15, 0.2) is 0 Å². The topological polar surface area (TPSA) is 52.6 Å². The molecule has 0 radical (unpaired) electrons. The van der Waals surface area contributed by atoms with E-state index in [-0.39, 0.29) is 35.7 Å². The first-order valence-corrected chi connectivity index (χ1v) is 14.0. The number of para-hydroxylation sites is 1. The van der Waals surface area contributed by atoms with Gasteiger partial charge in [0, 0.05) is 31.1 Å². The number of carbonyl (C=O) groups excluding carboxylic acids is 2. The summed E-state index contributed by atoms with van der Waals surface area (Å²) >= 11 is 0. The minimum Gasteiger partial charge on any atom is -0.497 e. The van der Waals surface area contributed by atoms with Crippen LogP contribution >= 0.6 is 0 Å². The highest BCUT2D eigenvalue weighted by molar-refractivity contribution is 5.86. The summed E-state index contributed by atoms with van der Waals surface area (Å²) in [5.41, 5.74) is 4.60. The SMILES string of the molecule is COc1ccc(CCC(C)=C(C)C2C3CC(=O)[C@@H](C(C)C#CCCC(F)(F)C(=O)Oc4ccccc4C)C32)cc1. The predicted octanol–water partition coefficient (Wildman–Crippen LogP) is 7.38. The maximum atomic E-state index is 14.4. The smallest absolute Gasteiger partial charge is 0.382 e. The molecule has 4 unspecified atom stereocenters. The summed E-state index contributed by atoms with van der Waals surface area (Å²) in [6.45, 7) is 7.96. The zero-order valence-electron chi connectivity index (χ0n) is 23.9.